The molecule has 1 aromatic heterocycles. The molecule has 7 heteroatoms. The number of likely N-dealkylation sites (tertiary alicyclic amines) is 2. The van der Waals surface area contributed by atoms with Gasteiger partial charge in [0.1, 0.15) is 5.75 Å². The van der Waals surface area contributed by atoms with Gasteiger partial charge < -0.3 is 15.4 Å². The lowest BCUT2D eigenvalue weighted by Gasteiger charge is -2.34. The molecule has 1 amide bonds. The van der Waals surface area contributed by atoms with Crippen LogP contribution in [0.3, 0.4) is 0 Å². The highest BCUT2D eigenvalue weighted by Gasteiger charge is 2.29. The molecule has 0 saturated carbocycles. The van der Waals surface area contributed by atoms with E-state index in [4.69, 9.17) is 10.5 Å². The van der Waals surface area contributed by atoms with Gasteiger partial charge in [-0.25, -0.2) is 9.97 Å². The number of rotatable bonds is 5. The van der Waals surface area contributed by atoms with Gasteiger partial charge in [-0.1, -0.05) is 12.1 Å². The molecule has 0 radical (unpaired) electrons. The summed E-state index contributed by atoms with van der Waals surface area (Å²) < 4.78 is 5.27. The van der Waals surface area contributed by atoms with Gasteiger partial charge in [0.15, 0.2) is 0 Å². The second-order valence-corrected chi connectivity index (χ2v) is 7.92. The van der Waals surface area contributed by atoms with E-state index in [9.17, 15) is 4.79 Å². The van der Waals surface area contributed by atoms with Crippen molar-refractivity contribution in [1.82, 2.24) is 19.8 Å². The van der Waals surface area contributed by atoms with E-state index in [0.717, 1.165) is 55.0 Å². The van der Waals surface area contributed by atoms with Crippen molar-refractivity contribution in [3.63, 3.8) is 0 Å². The average molecular weight is 396 g/mol. The lowest BCUT2D eigenvalue weighted by atomic mass is 9.90. The quantitative estimate of drug-likeness (QED) is 0.837. The smallest absolute Gasteiger partial charge is 0.236 e. The third-order valence-corrected chi connectivity index (χ3v) is 5.96. The van der Waals surface area contributed by atoms with Crippen LogP contribution in [0, 0.1) is 0 Å². The molecule has 154 valence electrons. The summed E-state index contributed by atoms with van der Waals surface area (Å²) in [4.78, 5) is 25.9. The van der Waals surface area contributed by atoms with E-state index < -0.39 is 0 Å². The number of anilines is 1. The molecule has 29 heavy (non-hydrogen) atoms. The Kier molecular flexibility index (Phi) is 5.94. The molecule has 4 rings (SSSR count). The van der Waals surface area contributed by atoms with Crippen molar-refractivity contribution in [2.24, 2.45) is 0 Å². The number of hydrogen-bond donors (Lipinski definition) is 1. The third-order valence-electron chi connectivity index (χ3n) is 5.96. The Morgan fingerprint density at radius 1 is 1.17 bits per heavy atom. The number of ether oxygens (including phenoxy) is 1. The number of amides is 1. The van der Waals surface area contributed by atoms with Gasteiger partial charge >= 0.3 is 0 Å². The zero-order valence-corrected chi connectivity index (χ0v) is 17.0. The maximum Gasteiger partial charge on any atom is 0.236 e. The molecule has 2 aliphatic heterocycles. The van der Waals surface area contributed by atoms with Crippen LogP contribution in [-0.4, -0.2) is 65.5 Å². The van der Waals surface area contributed by atoms with Crippen LogP contribution in [0.1, 0.15) is 37.3 Å². The fraction of sp³-hybridized carbons (Fsp3) is 0.500. The minimum absolute atomic E-state index is 0.161. The SMILES string of the molecule is COc1ccc(-c2cnc(N)nc2[C@H]2CCCN(C(=O)CN3CCCC3)C2)cc1. The van der Waals surface area contributed by atoms with E-state index in [1.807, 2.05) is 29.2 Å². The Morgan fingerprint density at radius 3 is 2.66 bits per heavy atom. The highest BCUT2D eigenvalue weighted by atomic mass is 16.5. The first-order chi connectivity index (χ1) is 14.1. The molecule has 0 unspecified atom stereocenters. The second-order valence-electron chi connectivity index (χ2n) is 7.92. The molecular formula is C22H29N5O2. The standard InChI is InChI=1S/C22H29N5O2/c1-29-18-8-6-16(7-9-18)19-13-24-22(23)25-21(19)17-5-4-12-27(14-17)20(28)15-26-10-2-3-11-26/h6-9,13,17H,2-5,10-12,14-15H2,1H3,(H2,23,24,25)/t17-/m0/s1. The summed E-state index contributed by atoms with van der Waals surface area (Å²) in [6.07, 6.45) is 6.16. The summed E-state index contributed by atoms with van der Waals surface area (Å²) in [5.74, 6) is 1.47. The molecule has 7 nitrogen and oxygen atoms in total. The molecular weight excluding hydrogens is 366 g/mol. The minimum atomic E-state index is 0.161. The molecule has 2 N–H and O–H groups in total. The Morgan fingerprint density at radius 2 is 1.93 bits per heavy atom. The van der Waals surface area contributed by atoms with Crippen LogP contribution in [-0.2, 0) is 4.79 Å². The molecule has 1 aromatic carbocycles. The van der Waals surface area contributed by atoms with E-state index >= 15 is 0 Å². The molecule has 3 heterocycles. The van der Waals surface area contributed by atoms with Gasteiger partial charge in [-0.15, -0.1) is 0 Å². The highest BCUT2D eigenvalue weighted by molar-refractivity contribution is 5.78. The predicted octanol–water partition coefficient (Wildman–Crippen LogP) is 2.54. The molecule has 2 fully saturated rings. The Bertz CT molecular complexity index is 849. The zero-order chi connectivity index (χ0) is 20.2. The van der Waals surface area contributed by atoms with E-state index in [1.165, 1.54) is 12.8 Å². The van der Waals surface area contributed by atoms with Crippen LogP contribution in [0.5, 0.6) is 5.75 Å². The number of carbonyl (C=O) groups is 1. The van der Waals surface area contributed by atoms with Gasteiger partial charge in [0.25, 0.3) is 0 Å². The number of nitrogens with two attached hydrogens (primary N) is 1. The molecule has 2 aromatic rings. The summed E-state index contributed by atoms with van der Waals surface area (Å²) in [6, 6.07) is 7.89. The van der Waals surface area contributed by atoms with E-state index in [0.29, 0.717) is 13.1 Å². The Hall–Kier alpha value is -2.67. The maximum atomic E-state index is 12.8. The van der Waals surface area contributed by atoms with Crippen molar-refractivity contribution in [2.45, 2.75) is 31.6 Å². The first kappa shape index (κ1) is 19.6. The first-order valence-electron chi connectivity index (χ1n) is 10.4. The van der Waals surface area contributed by atoms with Crippen molar-refractivity contribution >= 4 is 11.9 Å². The topological polar surface area (TPSA) is 84.6 Å². The number of piperidine rings is 1. The summed E-state index contributed by atoms with van der Waals surface area (Å²) in [6.45, 7) is 4.11. The molecule has 2 aliphatic rings. The first-order valence-corrected chi connectivity index (χ1v) is 10.4. The Labute approximate surface area is 171 Å². The van der Waals surface area contributed by atoms with Crippen LogP contribution in [0.2, 0.25) is 0 Å². The van der Waals surface area contributed by atoms with Crippen LogP contribution < -0.4 is 10.5 Å². The van der Waals surface area contributed by atoms with E-state index in [1.54, 1.807) is 13.3 Å². The number of nitrogen functional groups attached to an aromatic ring is 1. The summed E-state index contributed by atoms with van der Waals surface area (Å²) in [5.41, 5.74) is 8.87. The molecule has 2 saturated heterocycles. The Balaban J connectivity index is 1.54. The monoisotopic (exact) mass is 395 g/mol. The molecule has 0 aliphatic carbocycles. The molecule has 1 atom stereocenters. The highest BCUT2D eigenvalue weighted by Crippen LogP contribution is 2.34. The maximum absolute atomic E-state index is 12.8. The van der Waals surface area contributed by atoms with Gasteiger partial charge in [0.2, 0.25) is 11.9 Å². The van der Waals surface area contributed by atoms with Gasteiger partial charge in [0, 0.05) is 30.8 Å². The third kappa shape index (κ3) is 4.50. The number of nitrogens with zero attached hydrogens (tertiary/aromatic N) is 4. The fourth-order valence-corrected chi connectivity index (χ4v) is 4.37. The lowest BCUT2D eigenvalue weighted by molar-refractivity contribution is -0.133. The van der Waals surface area contributed by atoms with Crippen LogP contribution in [0.15, 0.2) is 30.5 Å². The number of carbonyl (C=O) groups excluding carboxylic acids is 1. The van der Waals surface area contributed by atoms with Crippen molar-refractivity contribution < 1.29 is 9.53 Å². The summed E-state index contributed by atoms with van der Waals surface area (Å²) in [7, 11) is 1.66. The van der Waals surface area contributed by atoms with Gasteiger partial charge in [-0.05, 0) is 56.5 Å². The van der Waals surface area contributed by atoms with E-state index in [2.05, 4.69) is 14.9 Å². The lowest BCUT2D eigenvalue weighted by Crippen LogP contribution is -2.44. The van der Waals surface area contributed by atoms with Gasteiger partial charge in [0.05, 0.1) is 19.3 Å². The number of benzene rings is 1. The molecule has 0 spiro atoms. The van der Waals surface area contributed by atoms with Gasteiger partial charge in [-0.3, -0.25) is 9.69 Å². The fourth-order valence-electron chi connectivity index (χ4n) is 4.37. The minimum Gasteiger partial charge on any atom is -0.497 e. The van der Waals surface area contributed by atoms with Crippen molar-refractivity contribution in [3.05, 3.63) is 36.2 Å². The largest absolute Gasteiger partial charge is 0.497 e. The number of hydrogen-bond acceptors (Lipinski definition) is 6. The van der Waals surface area contributed by atoms with Crippen molar-refractivity contribution in [3.8, 4) is 16.9 Å². The van der Waals surface area contributed by atoms with Crippen LogP contribution >= 0.6 is 0 Å². The second kappa shape index (κ2) is 8.78. The zero-order valence-electron chi connectivity index (χ0n) is 17.0. The average Bonchev–Trinajstić information content (AvgIpc) is 3.27. The van der Waals surface area contributed by atoms with E-state index in [-0.39, 0.29) is 17.8 Å². The normalized spacial score (nSPS) is 20.0. The van der Waals surface area contributed by atoms with Crippen LogP contribution in [0.4, 0.5) is 5.95 Å². The summed E-state index contributed by atoms with van der Waals surface area (Å²) >= 11 is 0. The molecule has 0 bridgehead atoms. The van der Waals surface area contributed by atoms with Crippen LogP contribution in [0.25, 0.3) is 11.1 Å². The summed E-state index contributed by atoms with van der Waals surface area (Å²) in [5, 5.41) is 0. The van der Waals surface area contributed by atoms with Crippen molar-refractivity contribution in [2.75, 3.05) is 45.6 Å². The number of aromatic nitrogens is 2. The van der Waals surface area contributed by atoms with Gasteiger partial charge in [-0.2, -0.15) is 0 Å². The van der Waals surface area contributed by atoms with Crippen molar-refractivity contribution in [1.29, 1.82) is 0 Å². The number of methoxy groups -OCH3 is 1. The predicted molar refractivity (Wildman–Crippen MR) is 113 cm³/mol.